The van der Waals surface area contributed by atoms with Gasteiger partial charge in [0.15, 0.2) is 4.80 Å². The van der Waals surface area contributed by atoms with E-state index in [2.05, 4.69) is 4.99 Å². The van der Waals surface area contributed by atoms with Crippen molar-refractivity contribution in [2.24, 2.45) is 4.99 Å². The molecule has 3 rings (SSSR count). The van der Waals surface area contributed by atoms with E-state index in [1.54, 1.807) is 25.6 Å². The van der Waals surface area contributed by atoms with Crippen LogP contribution >= 0.6 is 22.7 Å². The Hall–Kier alpha value is -2.16. The molecule has 3 aromatic rings. The fourth-order valence-corrected chi connectivity index (χ4v) is 4.63. The summed E-state index contributed by atoms with van der Waals surface area (Å²) in [4.78, 5) is 18.5. The van der Waals surface area contributed by atoms with Gasteiger partial charge in [-0.25, -0.2) is 0 Å². The maximum absolute atomic E-state index is 12.5. The van der Waals surface area contributed by atoms with Gasteiger partial charge in [-0.3, -0.25) is 4.79 Å². The predicted molar refractivity (Wildman–Crippen MR) is 108 cm³/mol. The molecule has 0 saturated carbocycles. The van der Waals surface area contributed by atoms with Gasteiger partial charge >= 0.3 is 0 Å². The summed E-state index contributed by atoms with van der Waals surface area (Å²) < 4.78 is 19.4. The number of thiophene rings is 1. The summed E-state index contributed by atoms with van der Waals surface area (Å²) in [5.41, 5.74) is 0.865. The molecular weight excluding hydrogens is 384 g/mol. The molecule has 144 valence electrons. The lowest BCUT2D eigenvalue weighted by Gasteiger charge is -2.10. The lowest BCUT2D eigenvalue weighted by atomic mass is 10.3. The maximum Gasteiger partial charge on any atom is 0.253 e. The van der Waals surface area contributed by atoms with E-state index in [4.69, 9.17) is 14.2 Å². The molecule has 0 aliphatic rings. The number of hydrogen-bond acceptors (Lipinski definition) is 6. The minimum absolute atomic E-state index is 0.174. The number of carbonyl (C=O) groups excluding carboxylic acids is 1. The number of thiazole rings is 1. The van der Waals surface area contributed by atoms with E-state index in [-0.39, 0.29) is 5.91 Å². The first-order valence-electron chi connectivity index (χ1n) is 8.60. The zero-order valence-electron chi connectivity index (χ0n) is 15.6. The number of rotatable bonds is 8. The lowest BCUT2D eigenvalue weighted by Crippen LogP contribution is -2.20. The minimum atomic E-state index is -0.174. The summed E-state index contributed by atoms with van der Waals surface area (Å²) in [5, 5.41) is 1.96. The molecular formula is C19H22N2O4S2. The second-order valence-electron chi connectivity index (χ2n) is 5.64. The molecule has 0 spiro atoms. The van der Waals surface area contributed by atoms with Crippen LogP contribution in [0.3, 0.4) is 0 Å². The fraction of sp³-hybridized carbons (Fsp3) is 0.368. The van der Waals surface area contributed by atoms with E-state index in [0.717, 1.165) is 20.8 Å². The third-order valence-corrected chi connectivity index (χ3v) is 5.95. The molecule has 2 aromatic heterocycles. The number of methoxy groups -OCH3 is 2. The largest absolute Gasteiger partial charge is 0.495 e. The van der Waals surface area contributed by atoms with Gasteiger partial charge in [0.05, 0.1) is 27.2 Å². The van der Waals surface area contributed by atoms with Gasteiger partial charge in [0.25, 0.3) is 5.91 Å². The Morgan fingerprint density at radius 2 is 1.96 bits per heavy atom. The standard InChI is InChI=1S/C19H22N2O4S2/c1-4-25-10-9-21-17-14(23-2)7-8-15(24-3)18(17)27-19(21)20-16(22)12-13-6-5-11-26-13/h5-8,11H,4,9-10,12H2,1-3H3. The van der Waals surface area contributed by atoms with Gasteiger partial charge in [-0.2, -0.15) is 4.99 Å². The van der Waals surface area contributed by atoms with Crippen molar-refractivity contribution in [1.29, 1.82) is 0 Å². The van der Waals surface area contributed by atoms with Gasteiger partial charge in [0.2, 0.25) is 0 Å². The molecule has 0 fully saturated rings. The molecule has 0 aliphatic heterocycles. The Labute approximate surface area is 165 Å². The Balaban J connectivity index is 2.10. The highest BCUT2D eigenvalue weighted by Gasteiger charge is 2.16. The van der Waals surface area contributed by atoms with Crippen LogP contribution in [0.25, 0.3) is 10.2 Å². The number of aromatic nitrogens is 1. The minimum Gasteiger partial charge on any atom is -0.495 e. The monoisotopic (exact) mass is 406 g/mol. The predicted octanol–water partition coefficient (Wildman–Crippen LogP) is 3.49. The first kappa shape index (κ1) is 19.6. The summed E-state index contributed by atoms with van der Waals surface area (Å²) in [6.07, 6.45) is 0.297. The van der Waals surface area contributed by atoms with E-state index in [9.17, 15) is 4.79 Å². The summed E-state index contributed by atoms with van der Waals surface area (Å²) in [5.74, 6) is 1.27. The van der Waals surface area contributed by atoms with Crippen molar-refractivity contribution in [1.82, 2.24) is 4.57 Å². The number of nitrogens with zero attached hydrogens (tertiary/aromatic N) is 2. The molecule has 0 bridgehead atoms. The Morgan fingerprint density at radius 3 is 2.63 bits per heavy atom. The summed E-state index contributed by atoms with van der Waals surface area (Å²) in [7, 11) is 3.26. The quantitative estimate of drug-likeness (QED) is 0.537. The number of ether oxygens (including phenoxy) is 3. The van der Waals surface area contributed by atoms with E-state index >= 15 is 0 Å². The van der Waals surface area contributed by atoms with Crippen LogP contribution in [0.4, 0.5) is 0 Å². The second-order valence-corrected chi connectivity index (χ2v) is 7.65. The average Bonchev–Trinajstić information content (AvgIpc) is 3.29. The van der Waals surface area contributed by atoms with E-state index in [1.807, 2.05) is 41.1 Å². The van der Waals surface area contributed by atoms with Crippen LogP contribution in [0.2, 0.25) is 0 Å². The molecule has 0 radical (unpaired) electrons. The second kappa shape index (κ2) is 9.16. The summed E-state index contributed by atoms with van der Waals surface area (Å²) >= 11 is 2.98. The number of amides is 1. The fourth-order valence-electron chi connectivity index (χ4n) is 2.76. The van der Waals surface area contributed by atoms with Gasteiger partial charge in [0, 0.05) is 18.0 Å². The number of benzene rings is 1. The Bertz CT molecular complexity index is 974. The van der Waals surface area contributed by atoms with Gasteiger partial charge in [-0.15, -0.1) is 11.3 Å². The van der Waals surface area contributed by atoms with Crippen LogP contribution in [0.15, 0.2) is 34.6 Å². The molecule has 0 atom stereocenters. The van der Waals surface area contributed by atoms with Gasteiger partial charge in [-0.1, -0.05) is 17.4 Å². The number of hydrogen-bond donors (Lipinski definition) is 0. The molecule has 1 amide bonds. The SMILES string of the molecule is CCOCCn1c(=NC(=O)Cc2cccs2)sc2c(OC)ccc(OC)c21. The van der Waals surface area contributed by atoms with Crippen LogP contribution in [0.1, 0.15) is 11.8 Å². The third kappa shape index (κ3) is 4.40. The van der Waals surface area contributed by atoms with E-state index in [0.29, 0.717) is 36.7 Å². The van der Waals surface area contributed by atoms with Crippen LogP contribution in [-0.4, -0.2) is 37.9 Å². The van der Waals surface area contributed by atoms with Crippen molar-refractivity contribution >= 4 is 38.8 Å². The molecule has 0 saturated heterocycles. The zero-order chi connectivity index (χ0) is 19.2. The zero-order valence-corrected chi connectivity index (χ0v) is 17.2. The van der Waals surface area contributed by atoms with Gasteiger partial charge < -0.3 is 18.8 Å². The molecule has 0 unspecified atom stereocenters. The average molecular weight is 407 g/mol. The number of carbonyl (C=O) groups is 1. The molecule has 8 heteroatoms. The molecule has 1 aromatic carbocycles. The number of fused-ring (bicyclic) bond motifs is 1. The van der Waals surface area contributed by atoms with Crippen LogP contribution in [0.5, 0.6) is 11.5 Å². The molecule has 6 nitrogen and oxygen atoms in total. The van der Waals surface area contributed by atoms with Crippen LogP contribution < -0.4 is 14.3 Å². The third-order valence-electron chi connectivity index (χ3n) is 3.98. The van der Waals surface area contributed by atoms with Crippen molar-refractivity contribution in [3.05, 3.63) is 39.3 Å². The lowest BCUT2D eigenvalue weighted by molar-refractivity contribution is -0.117. The topological polar surface area (TPSA) is 62.1 Å². The maximum atomic E-state index is 12.5. The van der Waals surface area contributed by atoms with Crippen LogP contribution in [0, 0.1) is 0 Å². The Morgan fingerprint density at radius 1 is 1.19 bits per heavy atom. The highest BCUT2D eigenvalue weighted by Crippen LogP contribution is 2.35. The van der Waals surface area contributed by atoms with Crippen LogP contribution in [-0.2, 0) is 22.5 Å². The van der Waals surface area contributed by atoms with Crippen molar-refractivity contribution in [2.45, 2.75) is 19.9 Å². The normalized spacial score (nSPS) is 11.9. The smallest absolute Gasteiger partial charge is 0.253 e. The van der Waals surface area contributed by atoms with Gasteiger partial charge in [-0.05, 0) is 30.5 Å². The van der Waals surface area contributed by atoms with E-state index in [1.165, 1.54) is 11.3 Å². The molecule has 2 heterocycles. The van der Waals surface area contributed by atoms with Gasteiger partial charge in [0.1, 0.15) is 21.7 Å². The molecule has 27 heavy (non-hydrogen) atoms. The summed E-state index contributed by atoms with van der Waals surface area (Å²) in [6.45, 7) is 3.68. The Kier molecular flexibility index (Phi) is 6.65. The summed E-state index contributed by atoms with van der Waals surface area (Å²) in [6, 6.07) is 7.60. The van der Waals surface area contributed by atoms with Crippen molar-refractivity contribution < 1.29 is 19.0 Å². The van der Waals surface area contributed by atoms with Crippen molar-refractivity contribution in [3.8, 4) is 11.5 Å². The molecule has 0 N–H and O–H groups in total. The highest BCUT2D eigenvalue weighted by atomic mass is 32.1. The van der Waals surface area contributed by atoms with Crippen molar-refractivity contribution in [3.63, 3.8) is 0 Å². The first-order valence-corrected chi connectivity index (χ1v) is 10.3. The first-order chi connectivity index (χ1) is 13.2. The van der Waals surface area contributed by atoms with E-state index < -0.39 is 0 Å². The highest BCUT2D eigenvalue weighted by molar-refractivity contribution is 7.16. The van der Waals surface area contributed by atoms with Crippen molar-refractivity contribution in [2.75, 3.05) is 27.4 Å². The molecule has 0 aliphatic carbocycles.